The van der Waals surface area contributed by atoms with E-state index in [1.165, 1.54) is 0 Å². The van der Waals surface area contributed by atoms with Crippen molar-refractivity contribution >= 4 is 29.3 Å². The molecule has 0 saturated carbocycles. The summed E-state index contributed by atoms with van der Waals surface area (Å²) in [6.45, 7) is 0. The molecule has 0 aliphatic carbocycles. The molecule has 126 valence electrons. The molecule has 3 aromatic carbocycles. The van der Waals surface area contributed by atoms with Gasteiger partial charge in [-0.05, 0) is 41.6 Å². The number of hydrogen-bond donors (Lipinski definition) is 0. The molecule has 0 spiro atoms. The number of hydrogen-bond acceptors (Lipinski definition) is 3. The predicted octanol–water partition coefficient (Wildman–Crippen LogP) is 5.87. The van der Waals surface area contributed by atoms with Crippen LogP contribution in [0.25, 0.3) is 0 Å². The smallest absolute Gasteiger partial charge is 0.345 e. The van der Waals surface area contributed by atoms with Crippen molar-refractivity contribution < 1.29 is 9.53 Å². The first-order valence-corrected chi connectivity index (χ1v) is 9.45. The molecule has 0 fully saturated rings. The van der Waals surface area contributed by atoms with E-state index in [0.717, 1.165) is 16.0 Å². The van der Waals surface area contributed by atoms with E-state index in [2.05, 4.69) is 12.1 Å². The molecule has 0 saturated heterocycles. The Bertz CT molecular complexity index is 878. The Kier molecular flexibility index (Phi) is 5.79. The Hall–Kier alpha value is -2.23. The largest absolute Gasteiger partial charge is 0.423 e. The molecule has 0 unspecified atom stereocenters. The molecule has 0 amide bonds. The number of esters is 1. The predicted molar refractivity (Wildman–Crippen MR) is 104 cm³/mol. The van der Waals surface area contributed by atoms with Crippen molar-refractivity contribution in [2.45, 2.75) is 11.3 Å². The molecular weight excluding hydrogens is 352 g/mol. The van der Waals surface area contributed by atoms with Gasteiger partial charge in [-0.25, -0.2) is 4.79 Å². The summed E-state index contributed by atoms with van der Waals surface area (Å²) in [6.07, 6.45) is 2.65. The Morgan fingerprint density at radius 2 is 1.72 bits per heavy atom. The van der Waals surface area contributed by atoms with Gasteiger partial charge in [-0.15, -0.1) is 11.8 Å². The van der Waals surface area contributed by atoms with Gasteiger partial charge in [0.25, 0.3) is 0 Å². The van der Waals surface area contributed by atoms with Crippen molar-refractivity contribution in [1.29, 1.82) is 0 Å². The first-order chi connectivity index (χ1) is 12.2. The van der Waals surface area contributed by atoms with Crippen LogP contribution in [0, 0.1) is 0 Å². The maximum absolute atomic E-state index is 12.6. The van der Waals surface area contributed by atoms with E-state index >= 15 is 0 Å². The van der Waals surface area contributed by atoms with E-state index in [1.54, 1.807) is 23.9 Å². The fraction of sp³-hybridized carbons (Fsp3) is 0.0952. The van der Waals surface area contributed by atoms with E-state index in [-0.39, 0.29) is 0 Å². The minimum absolute atomic E-state index is 0.378. The number of rotatable bonds is 5. The molecule has 0 radical (unpaired) electrons. The molecule has 0 heterocycles. The number of carbonyl (C=O) groups is 1. The minimum Gasteiger partial charge on any atom is -0.423 e. The van der Waals surface area contributed by atoms with Gasteiger partial charge < -0.3 is 4.74 Å². The topological polar surface area (TPSA) is 26.3 Å². The van der Waals surface area contributed by atoms with Crippen LogP contribution in [-0.4, -0.2) is 12.2 Å². The van der Waals surface area contributed by atoms with Gasteiger partial charge >= 0.3 is 5.97 Å². The molecule has 0 aliphatic heterocycles. The van der Waals surface area contributed by atoms with Gasteiger partial charge in [0.2, 0.25) is 0 Å². The fourth-order valence-corrected chi connectivity index (χ4v) is 3.14. The van der Waals surface area contributed by atoms with Crippen LogP contribution in [0.2, 0.25) is 5.02 Å². The second-order valence-corrected chi connectivity index (χ2v) is 6.79. The number of benzene rings is 3. The van der Waals surface area contributed by atoms with E-state index in [0.29, 0.717) is 22.8 Å². The van der Waals surface area contributed by atoms with Gasteiger partial charge in [0.1, 0.15) is 5.75 Å². The molecule has 2 nitrogen and oxygen atoms in total. The highest BCUT2D eigenvalue weighted by atomic mass is 35.5. The van der Waals surface area contributed by atoms with Crippen molar-refractivity contribution in [3.05, 3.63) is 94.5 Å². The molecule has 0 aliphatic rings. The van der Waals surface area contributed by atoms with Crippen LogP contribution in [0.3, 0.4) is 0 Å². The molecule has 25 heavy (non-hydrogen) atoms. The van der Waals surface area contributed by atoms with Gasteiger partial charge in [0, 0.05) is 11.3 Å². The van der Waals surface area contributed by atoms with Crippen molar-refractivity contribution in [3.63, 3.8) is 0 Å². The standard InChI is InChI=1S/C21H17ClO2S/c1-25-17-11-12-19(22)18(14-17)21(23)24-20-10-6-5-9-16(20)13-15-7-3-2-4-8-15/h2-12,14H,13H2,1H3. The maximum atomic E-state index is 12.6. The van der Waals surface area contributed by atoms with Crippen LogP contribution >= 0.6 is 23.4 Å². The summed E-state index contributed by atoms with van der Waals surface area (Å²) in [4.78, 5) is 13.6. The van der Waals surface area contributed by atoms with Gasteiger partial charge in [-0.1, -0.05) is 60.1 Å². The van der Waals surface area contributed by atoms with Gasteiger partial charge in [0.05, 0.1) is 10.6 Å². The number of carbonyl (C=O) groups excluding carboxylic acids is 1. The van der Waals surface area contributed by atoms with E-state index in [9.17, 15) is 4.79 Å². The molecule has 4 heteroatoms. The van der Waals surface area contributed by atoms with E-state index < -0.39 is 5.97 Å². The zero-order valence-corrected chi connectivity index (χ0v) is 15.3. The average molecular weight is 369 g/mol. The van der Waals surface area contributed by atoms with Crippen molar-refractivity contribution in [2.24, 2.45) is 0 Å². The number of halogens is 1. The Morgan fingerprint density at radius 3 is 2.48 bits per heavy atom. The van der Waals surface area contributed by atoms with Crippen LogP contribution < -0.4 is 4.74 Å². The summed E-state index contributed by atoms with van der Waals surface area (Å²) in [5.41, 5.74) is 2.50. The quantitative estimate of drug-likeness (QED) is 0.320. The molecule has 0 atom stereocenters. The van der Waals surface area contributed by atoms with Crippen LogP contribution in [0.15, 0.2) is 77.7 Å². The van der Waals surface area contributed by atoms with Crippen LogP contribution in [0.4, 0.5) is 0 Å². The lowest BCUT2D eigenvalue weighted by molar-refractivity contribution is 0.0733. The lowest BCUT2D eigenvalue weighted by Crippen LogP contribution is -2.10. The van der Waals surface area contributed by atoms with Gasteiger partial charge in [0.15, 0.2) is 0 Å². The molecule has 3 aromatic rings. The van der Waals surface area contributed by atoms with Crippen molar-refractivity contribution in [1.82, 2.24) is 0 Å². The summed E-state index contributed by atoms with van der Waals surface area (Å²) in [6, 6.07) is 23.0. The zero-order valence-electron chi connectivity index (χ0n) is 13.7. The average Bonchev–Trinajstić information content (AvgIpc) is 2.64. The fourth-order valence-electron chi connectivity index (χ4n) is 2.51. The summed E-state index contributed by atoms with van der Waals surface area (Å²) in [7, 11) is 0. The maximum Gasteiger partial charge on any atom is 0.345 e. The first kappa shape index (κ1) is 17.6. The van der Waals surface area contributed by atoms with E-state index in [4.69, 9.17) is 16.3 Å². The zero-order chi connectivity index (χ0) is 17.6. The second kappa shape index (κ2) is 8.24. The molecule has 0 aromatic heterocycles. The summed E-state index contributed by atoms with van der Waals surface area (Å²) < 4.78 is 5.65. The SMILES string of the molecule is CSc1ccc(Cl)c(C(=O)Oc2ccccc2Cc2ccccc2)c1. The molecule has 0 bridgehead atoms. The monoisotopic (exact) mass is 368 g/mol. The number of thioether (sulfide) groups is 1. The Labute approximate surface area is 156 Å². The second-order valence-electron chi connectivity index (χ2n) is 5.51. The van der Waals surface area contributed by atoms with Crippen molar-refractivity contribution in [3.8, 4) is 5.75 Å². The van der Waals surface area contributed by atoms with Crippen LogP contribution in [0.1, 0.15) is 21.5 Å². The van der Waals surface area contributed by atoms with E-state index in [1.807, 2.05) is 54.8 Å². The third kappa shape index (κ3) is 4.44. The minimum atomic E-state index is -0.443. The van der Waals surface area contributed by atoms with Crippen LogP contribution in [-0.2, 0) is 6.42 Å². The molecular formula is C21H17ClO2S. The highest BCUT2D eigenvalue weighted by Crippen LogP contribution is 2.26. The number of para-hydroxylation sites is 1. The molecule has 0 N–H and O–H groups in total. The first-order valence-electron chi connectivity index (χ1n) is 7.85. The Morgan fingerprint density at radius 1 is 1.00 bits per heavy atom. The lowest BCUT2D eigenvalue weighted by Gasteiger charge is -2.11. The third-order valence-electron chi connectivity index (χ3n) is 3.81. The lowest BCUT2D eigenvalue weighted by atomic mass is 10.0. The molecule has 3 rings (SSSR count). The highest BCUT2D eigenvalue weighted by molar-refractivity contribution is 7.98. The van der Waals surface area contributed by atoms with Gasteiger partial charge in [-0.2, -0.15) is 0 Å². The number of ether oxygens (including phenoxy) is 1. The third-order valence-corrected chi connectivity index (χ3v) is 4.86. The van der Waals surface area contributed by atoms with Crippen molar-refractivity contribution in [2.75, 3.05) is 6.26 Å². The highest BCUT2D eigenvalue weighted by Gasteiger charge is 2.15. The summed E-state index contributed by atoms with van der Waals surface area (Å²) in [5.74, 6) is 0.114. The summed E-state index contributed by atoms with van der Waals surface area (Å²) in [5, 5.41) is 0.392. The summed E-state index contributed by atoms with van der Waals surface area (Å²) >= 11 is 7.73. The Balaban J connectivity index is 1.85. The van der Waals surface area contributed by atoms with Crippen LogP contribution in [0.5, 0.6) is 5.75 Å². The normalized spacial score (nSPS) is 10.5. The van der Waals surface area contributed by atoms with Gasteiger partial charge in [-0.3, -0.25) is 0 Å².